The third kappa shape index (κ3) is 6.09. The predicted octanol–water partition coefficient (Wildman–Crippen LogP) is 4.40. The van der Waals surface area contributed by atoms with Crippen LogP contribution in [0, 0.1) is 11.6 Å². The number of carbonyl (C=O) groups is 2. The highest BCUT2D eigenvalue weighted by Gasteiger charge is 2.25. The topological polar surface area (TPSA) is 67.4 Å². The van der Waals surface area contributed by atoms with Gasteiger partial charge < -0.3 is 10.1 Å². The van der Waals surface area contributed by atoms with Gasteiger partial charge in [-0.05, 0) is 57.9 Å². The minimum atomic E-state index is -0.964. The summed E-state index contributed by atoms with van der Waals surface area (Å²) >= 11 is 1.41. The monoisotopic (exact) mass is 410 g/mol. The Balaban J connectivity index is 2.09. The number of alkyl carbamates (subject to hydrolysis) is 1. The summed E-state index contributed by atoms with van der Waals surface area (Å²) in [4.78, 5) is 24.7. The molecule has 0 saturated heterocycles. The van der Waals surface area contributed by atoms with Crippen LogP contribution in [0.15, 0.2) is 40.5 Å². The quantitative estimate of drug-likeness (QED) is 0.772. The van der Waals surface area contributed by atoms with Crippen LogP contribution in [-0.2, 0) is 16.1 Å². The molecule has 1 aliphatic heterocycles. The maximum absolute atomic E-state index is 13.3. The third-order valence-electron chi connectivity index (χ3n) is 3.75. The van der Waals surface area contributed by atoms with E-state index in [1.807, 2.05) is 6.92 Å². The summed E-state index contributed by atoms with van der Waals surface area (Å²) in [5.41, 5.74) is 0.834. The van der Waals surface area contributed by atoms with Crippen molar-refractivity contribution in [3.63, 3.8) is 0 Å². The minimum absolute atomic E-state index is 0.0438. The molecule has 1 heterocycles. The van der Waals surface area contributed by atoms with E-state index < -0.39 is 23.3 Å². The van der Waals surface area contributed by atoms with Gasteiger partial charge in [0.2, 0.25) is 0 Å². The van der Waals surface area contributed by atoms with Crippen LogP contribution in [0.25, 0.3) is 0 Å². The van der Waals surface area contributed by atoms with Crippen LogP contribution in [0.5, 0.6) is 0 Å². The molecule has 5 nitrogen and oxygen atoms in total. The third-order valence-corrected chi connectivity index (χ3v) is 4.90. The van der Waals surface area contributed by atoms with E-state index >= 15 is 0 Å². The summed E-state index contributed by atoms with van der Waals surface area (Å²) in [6.45, 7) is 8.98. The van der Waals surface area contributed by atoms with Gasteiger partial charge in [0.05, 0.1) is 5.03 Å². The average Bonchev–Trinajstić information content (AvgIpc) is 2.56. The number of benzene rings is 1. The SMILES string of the molecule is CC1=C(NC(=O)OC(C)(C)C)SC(C)C=C1C(=O)NCc1ccc(F)c(F)c1. The highest BCUT2D eigenvalue weighted by molar-refractivity contribution is 8.03. The van der Waals surface area contributed by atoms with Gasteiger partial charge in [-0.2, -0.15) is 0 Å². The molecule has 1 aromatic carbocycles. The minimum Gasteiger partial charge on any atom is -0.444 e. The molecule has 0 radical (unpaired) electrons. The number of halogens is 2. The predicted molar refractivity (Wildman–Crippen MR) is 105 cm³/mol. The lowest BCUT2D eigenvalue weighted by Crippen LogP contribution is -2.34. The second kappa shape index (κ2) is 8.77. The summed E-state index contributed by atoms with van der Waals surface area (Å²) in [5.74, 6) is -2.26. The summed E-state index contributed by atoms with van der Waals surface area (Å²) in [7, 11) is 0. The van der Waals surface area contributed by atoms with Crippen molar-refractivity contribution in [2.24, 2.45) is 0 Å². The standard InChI is InChI=1S/C20H24F2N2O3S/c1-11-8-14(12(2)18(28-11)24-19(26)27-20(3,4)5)17(25)23-10-13-6-7-15(21)16(22)9-13/h6-9,11H,10H2,1-5H3,(H,23,25)(H,24,26). The van der Waals surface area contributed by atoms with Crippen LogP contribution in [0.4, 0.5) is 13.6 Å². The summed E-state index contributed by atoms with van der Waals surface area (Å²) < 4.78 is 31.6. The Morgan fingerprint density at radius 3 is 2.50 bits per heavy atom. The number of thioether (sulfide) groups is 1. The zero-order valence-corrected chi connectivity index (χ0v) is 17.3. The largest absolute Gasteiger partial charge is 0.444 e. The van der Waals surface area contributed by atoms with Gasteiger partial charge in [-0.1, -0.05) is 12.1 Å². The van der Waals surface area contributed by atoms with E-state index in [4.69, 9.17) is 4.74 Å². The number of carbonyl (C=O) groups excluding carboxylic acids is 2. The van der Waals surface area contributed by atoms with Gasteiger partial charge in [0.25, 0.3) is 5.91 Å². The second-order valence-corrected chi connectivity index (χ2v) is 8.80. The lowest BCUT2D eigenvalue weighted by molar-refractivity contribution is -0.117. The molecule has 1 aliphatic rings. The van der Waals surface area contributed by atoms with E-state index in [1.165, 1.54) is 17.8 Å². The molecule has 2 amide bonds. The zero-order chi connectivity index (χ0) is 21.1. The maximum atomic E-state index is 13.3. The van der Waals surface area contributed by atoms with E-state index in [-0.39, 0.29) is 17.7 Å². The van der Waals surface area contributed by atoms with Gasteiger partial charge in [-0.15, -0.1) is 11.8 Å². The van der Waals surface area contributed by atoms with Crippen LogP contribution < -0.4 is 10.6 Å². The van der Waals surface area contributed by atoms with Crippen molar-refractivity contribution in [3.05, 3.63) is 57.6 Å². The highest BCUT2D eigenvalue weighted by atomic mass is 32.2. The lowest BCUT2D eigenvalue weighted by Gasteiger charge is -2.25. The van der Waals surface area contributed by atoms with Crippen LogP contribution in [0.1, 0.15) is 40.2 Å². The zero-order valence-electron chi connectivity index (χ0n) is 16.5. The molecule has 0 fully saturated rings. The Labute approximate surface area is 167 Å². The molecule has 28 heavy (non-hydrogen) atoms. The van der Waals surface area contributed by atoms with Gasteiger partial charge in [0.15, 0.2) is 11.6 Å². The highest BCUT2D eigenvalue weighted by Crippen LogP contribution is 2.33. The summed E-state index contributed by atoms with van der Waals surface area (Å²) in [6.07, 6.45) is 1.20. The Hall–Kier alpha value is -2.35. The normalized spacial score (nSPS) is 17.1. The van der Waals surface area contributed by atoms with Crippen molar-refractivity contribution in [2.75, 3.05) is 0 Å². The Morgan fingerprint density at radius 2 is 1.89 bits per heavy atom. The summed E-state index contributed by atoms with van der Waals surface area (Å²) in [6, 6.07) is 3.47. The van der Waals surface area contributed by atoms with Crippen molar-refractivity contribution >= 4 is 23.8 Å². The average molecular weight is 410 g/mol. The fourth-order valence-electron chi connectivity index (χ4n) is 2.48. The molecule has 0 saturated carbocycles. The number of hydrogen-bond donors (Lipinski definition) is 2. The summed E-state index contributed by atoms with van der Waals surface area (Å²) in [5, 5.41) is 5.89. The van der Waals surface area contributed by atoms with Gasteiger partial charge in [0, 0.05) is 17.4 Å². The molecular formula is C20H24F2N2O3S. The molecule has 8 heteroatoms. The maximum Gasteiger partial charge on any atom is 0.412 e. The van der Waals surface area contributed by atoms with Crippen molar-refractivity contribution in [1.29, 1.82) is 0 Å². The fraction of sp³-hybridized carbons (Fsp3) is 0.400. The molecule has 2 N–H and O–H groups in total. The number of amides is 2. The molecule has 1 atom stereocenters. The first kappa shape index (κ1) is 21.9. The first-order chi connectivity index (χ1) is 13.0. The van der Waals surface area contributed by atoms with Gasteiger partial charge in [-0.25, -0.2) is 13.6 Å². The van der Waals surface area contributed by atoms with E-state index in [1.54, 1.807) is 33.8 Å². The van der Waals surface area contributed by atoms with Crippen molar-refractivity contribution in [1.82, 2.24) is 10.6 Å². The smallest absolute Gasteiger partial charge is 0.412 e. The molecule has 1 aromatic rings. The molecular weight excluding hydrogens is 386 g/mol. The number of ether oxygens (including phenoxy) is 1. The Bertz CT molecular complexity index is 844. The van der Waals surface area contributed by atoms with Gasteiger partial charge in [-0.3, -0.25) is 10.1 Å². The molecule has 0 bridgehead atoms. The van der Waals surface area contributed by atoms with Gasteiger partial charge >= 0.3 is 6.09 Å². The first-order valence-corrected chi connectivity index (χ1v) is 9.66. The molecule has 152 valence electrons. The molecule has 0 spiro atoms. The first-order valence-electron chi connectivity index (χ1n) is 8.78. The van der Waals surface area contributed by atoms with Gasteiger partial charge in [0.1, 0.15) is 5.60 Å². The van der Waals surface area contributed by atoms with E-state index in [9.17, 15) is 18.4 Å². The number of rotatable bonds is 4. The molecule has 0 aliphatic carbocycles. The van der Waals surface area contributed by atoms with Crippen molar-refractivity contribution in [2.45, 2.75) is 52.0 Å². The van der Waals surface area contributed by atoms with E-state index in [0.29, 0.717) is 21.7 Å². The van der Waals surface area contributed by atoms with E-state index in [2.05, 4.69) is 10.6 Å². The molecule has 1 unspecified atom stereocenters. The number of nitrogens with one attached hydrogen (secondary N) is 2. The fourth-order valence-corrected chi connectivity index (χ4v) is 3.49. The molecule has 2 rings (SSSR count). The number of hydrogen-bond acceptors (Lipinski definition) is 4. The van der Waals surface area contributed by atoms with Crippen LogP contribution in [-0.4, -0.2) is 22.9 Å². The second-order valence-electron chi connectivity index (χ2n) is 7.42. The molecule has 0 aromatic heterocycles. The van der Waals surface area contributed by atoms with E-state index in [0.717, 1.165) is 12.1 Å². The Morgan fingerprint density at radius 1 is 1.21 bits per heavy atom. The van der Waals surface area contributed by atoms with Crippen LogP contribution in [0.2, 0.25) is 0 Å². The van der Waals surface area contributed by atoms with Crippen LogP contribution >= 0.6 is 11.8 Å². The Kier molecular flexibility index (Phi) is 6.87. The van der Waals surface area contributed by atoms with Crippen molar-refractivity contribution < 1.29 is 23.1 Å². The van der Waals surface area contributed by atoms with Crippen LogP contribution in [0.3, 0.4) is 0 Å². The van der Waals surface area contributed by atoms with Crippen molar-refractivity contribution in [3.8, 4) is 0 Å². The lowest BCUT2D eigenvalue weighted by atomic mass is 10.1.